The second-order valence-electron chi connectivity index (χ2n) is 8.22. The molecule has 0 fully saturated rings. The van der Waals surface area contributed by atoms with Crippen molar-refractivity contribution in [2.24, 2.45) is 7.05 Å². The number of anilines is 1. The number of amides is 2. The van der Waals surface area contributed by atoms with E-state index in [1.165, 1.54) is 13.1 Å². The van der Waals surface area contributed by atoms with E-state index in [-0.39, 0.29) is 30.5 Å². The Hall–Kier alpha value is -4.40. The summed E-state index contributed by atoms with van der Waals surface area (Å²) in [5, 5.41) is 18.3. The van der Waals surface area contributed by atoms with Crippen LogP contribution in [0.5, 0.6) is 0 Å². The molecule has 0 saturated heterocycles. The Morgan fingerprint density at radius 1 is 1.14 bits per heavy atom. The number of nitrogens with one attached hydrogen (secondary N) is 2. The molecule has 2 amide bonds. The molecule has 2 aromatic carbocycles. The van der Waals surface area contributed by atoms with Gasteiger partial charge in [0.2, 0.25) is 5.91 Å². The zero-order chi connectivity index (χ0) is 24.9. The average molecular weight is 475 g/mol. The van der Waals surface area contributed by atoms with Gasteiger partial charge in [0, 0.05) is 19.0 Å². The molecule has 0 radical (unpaired) electrons. The summed E-state index contributed by atoms with van der Waals surface area (Å²) in [5.74, 6) is -1.72. The first kappa shape index (κ1) is 23.7. The zero-order valence-corrected chi connectivity index (χ0v) is 19.2. The topological polar surface area (TPSA) is 123 Å². The minimum Gasteiger partial charge on any atom is -0.477 e. The number of aromatic carboxylic acids is 1. The third-order valence-electron chi connectivity index (χ3n) is 5.96. The van der Waals surface area contributed by atoms with E-state index in [4.69, 9.17) is 4.74 Å². The van der Waals surface area contributed by atoms with E-state index in [0.717, 1.165) is 26.9 Å². The highest BCUT2D eigenvalue weighted by Gasteiger charge is 2.30. The number of hydrogen-bond donors (Lipinski definition) is 3. The molecule has 4 rings (SSSR count). The summed E-state index contributed by atoms with van der Waals surface area (Å²) >= 11 is 0. The first-order valence-electron chi connectivity index (χ1n) is 11.2. The summed E-state index contributed by atoms with van der Waals surface area (Å²) in [4.78, 5) is 36.7. The number of carboxylic acid groups (broad SMARTS) is 1. The van der Waals surface area contributed by atoms with Crippen LogP contribution in [-0.4, -0.2) is 45.5 Å². The van der Waals surface area contributed by atoms with Gasteiger partial charge in [0.05, 0.1) is 0 Å². The number of aromatic nitrogens is 2. The van der Waals surface area contributed by atoms with Crippen molar-refractivity contribution in [1.82, 2.24) is 15.1 Å². The lowest BCUT2D eigenvalue weighted by Gasteiger charge is -2.19. The predicted molar refractivity (Wildman–Crippen MR) is 130 cm³/mol. The molecule has 3 N–H and O–H groups in total. The van der Waals surface area contributed by atoms with Crippen LogP contribution in [0.2, 0.25) is 0 Å². The molecule has 0 bridgehead atoms. The van der Waals surface area contributed by atoms with Crippen molar-refractivity contribution in [2.45, 2.75) is 24.8 Å². The first-order valence-corrected chi connectivity index (χ1v) is 11.2. The van der Waals surface area contributed by atoms with Gasteiger partial charge in [-0.1, -0.05) is 54.6 Å². The van der Waals surface area contributed by atoms with Gasteiger partial charge in [0.25, 0.3) is 0 Å². The molecule has 1 aromatic heterocycles. The number of allylic oxidation sites excluding steroid dienone is 1. The summed E-state index contributed by atoms with van der Waals surface area (Å²) in [7, 11) is 1.46. The highest BCUT2D eigenvalue weighted by atomic mass is 16.5. The van der Waals surface area contributed by atoms with E-state index < -0.39 is 24.0 Å². The predicted octanol–water partition coefficient (Wildman–Crippen LogP) is 3.93. The van der Waals surface area contributed by atoms with Crippen molar-refractivity contribution >= 4 is 23.8 Å². The van der Waals surface area contributed by atoms with Crippen molar-refractivity contribution < 1.29 is 24.2 Å². The summed E-state index contributed by atoms with van der Waals surface area (Å²) in [6, 6.07) is 16.4. The van der Waals surface area contributed by atoms with Crippen LogP contribution in [0, 0.1) is 0 Å². The van der Waals surface area contributed by atoms with Gasteiger partial charge in [-0.2, -0.15) is 5.10 Å². The standard InChI is InChI=1S/C26H26N4O5/c1-3-4-13-21(24(31)28-23-14-22(25(32)33)30(2)29-23)27-26(34)35-15-20-18-11-7-5-9-16(18)17-10-6-8-12-19(17)20/h3,5-12,14,20-21H,1,4,13,15H2,2H3,(H,27,34)(H,32,33)(H,28,29,31). The zero-order valence-electron chi connectivity index (χ0n) is 19.2. The van der Waals surface area contributed by atoms with Crippen LogP contribution in [0.3, 0.4) is 0 Å². The number of ether oxygens (including phenoxy) is 1. The molecule has 1 atom stereocenters. The Morgan fingerprint density at radius 3 is 2.34 bits per heavy atom. The largest absolute Gasteiger partial charge is 0.477 e. The smallest absolute Gasteiger partial charge is 0.407 e. The lowest BCUT2D eigenvalue weighted by atomic mass is 9.98. The molecule has 9 nitrogen and oxygen atoms in total. The number of fused-ring (bicyclic) bond motifs is 3. The van der Waals surface area contributed by atoms with Gasteiger partial charge in [-0.25, -0.2) is 9.59 Å². The molecule has 0 aliphatic heterocycles. The number of aryl methyl sites for hydroxylation is 1. The Kier molecular flexibility index (Phi) is 6.96. The first-order chi connectivity index (χ1) is 16.9. The van der Waals surface area contributed by atoms with Gasteiger partial charge in [0.1, 0.15) is 18.3 Å². The van der Waals surface area contributed by atoms with Crippen LogP contribution in [-0.2, 0) is 16.6 Å². The fourth-order valence-electron chi connectivity index (χ4n) is 4.28. The van der Waals surface area contributed by atoms with Crippen LogP contribution in [0.1, 0.15) is 40.4 Å². The Labute approximate surface area is 202 Å². The maximum atomic E-state index is 12.8. The molecule has 0 spiro atoms. The third kappa shape index (κ3) is 5.08. The lowest BCUT2D eigenvalue weighted by molar-refractivity contribution is -0.118. The highest BCUT2D eigenvalue weighted by molar-refractivity contribution is 5.97. The maximum Gasteiger partial charge on any atom is 0.407 e. The number of carbonyl (C=O) groups excluding carboxylic acids is 2. The van der Waals surface area contributed by atoms with Crippen molar-refractivity contribution in [3.63, 3.8) is 0 Å². The molecular weight excluding hydrogens is 448 g/mol. The Morgan fingerprint density at radius 2 is 1.77 bits per heavy atom. The minimum atomic E-state index is -1.17. The van der Waals surface area contributed by atoms with Crippen molar-refractivity contribution in [1.29, 1.82) is 0 Å². The van der Waals surface area contributed by atoms with Crippen molar-refractivity contribution in [3.8, 4) is 11.1 Å². The quantitative estimate of drug-likeness (QED) is 0.404. The molecule has 1 heterocycles. The van der Waals surface area contributed by atoms with Crippen LogP contribution in [0.15, 0.2) is 67.3 Å². The molecule has 3 aromatic rings. The van der Waals surface area contributed by atoms with E-state index >= 15 is 0 Å². The molecule has 1 aliphatic carbocycles. The number of alkyl carbamates (subject to hydrolysis) is 1. The van der Waals surface area contributed by atoms with Crippen LogP contribution in [0.25, 0.3) is 11.1 Å². The highest BCUT2D eigenvalue weighted by Crippen LogP contribution is 2.44. The molecular formula is C26H26N4O5. The van der Waals surface area contributed by atoms with Crippen molar-refractivity contribution in [3.05, 3.63) is 84.1 Å². The normalized spacial score (nSPS) is 12.8. The van der Waals surface area contributed by atoms with Gasteiger partial charge >= 0.3 is 12.1 Å². The molecule has 0 saturated carbocycles. The van der Waals surface area contributed by atoms with Gasteiger partial charge in [-0.05, 0) is 35.1 Å². The minimum absolute atomic E-state index is 0.0764. The van der Waals surface area contributed by atoms with Crippen LogP contribution in [0.4, 0.5) is 10.6 Å². The fraction of sp³-hybridized carbons (Fsp3) is 0.231. The molecule has 180 valence electrons. The molecule has 1 unspecified atom stereocenters. The van der Waals surface area contributed by atoms with Gasteiger partial charge in [-0.3, -0.25) is 9.48 Å². The molecule has 1 aliphatic rings. The van der Waals surface area contributed by atoms with Crippen LogP contribution < -0.4 is 10.6 Å². The fourth-order valence-corrected chi connectivity index (χ4v) is 4.28. The number of carbonyl (C=O) groups is 3. The number of rotatable bonds is 9. The second-order valence-corrected chi connectivity index (χ2v) is 8.22. The van der Waals surface area contributed by atoms with Crippen molar-refractivity contribution in [2.75, 3.05) is 11.9 Å². The van der Waals surface area contributed by atoms with E-state index in [0.29, 0.717) is 6.42 Å². The summed E-state index contributed by atoms with van der Waals surface area (Å²) in [6.45, 7) is 3.79. The average Bonchev–Trinajstić information content (AvgIpc) is 3.37. The third-order valence-corrected chi connectivity index (χ3v) is 5.96. The second kappa shape index (κ2) is 10.3. The van der Waals surface area contributed by atoms with Gasteiger partial charge in [0.15, 0.2) is 5.82 Å². The Balaban J connectivity index is 1.42. The number of nitrogens with zero attached hydrogens (tertiary/aromatic N) is 2. The number of benzene rings is 2. The summed E-state index contributed by atoms with van der Waals surface area (Å²) in [6.07, 6.45) is 1.69. The summed E-state index contributed by atoms with van der Waals surface area (Å²) < 4.78 is 6.70. The number of carboxylic acids is 1. The van der Waals surface area contributed by atoms with E-state index in [2.05, 4.69) is 34.4 Å². The number of hydrogen-bond acceptors (Lipinski definition) is 5. The van der Waals surface area contributed by atoms with E-state index in [1.54, 1.807) is 6.08 Å². The van der Waals surface area contributed by atoms with Gasteiger partial charge < -0.3 is 20.5 Å². The van der Waals surface area contributed by atoms with E-state index in [1.807, 2.05) is 36.4 Å². The molecule has 35 heavy (non-hydrogen) atoms. The monoisotopic (exact) mass is 474 g/mol. The van der Waals surface area contributed by atoms with Crippen LogP contribution >= 0.6 is 0 Å². The lowest BCUT2D eigenvalue weighted by Crippen LogP contribution is -2.44. The van der Waals surface area contributed by atoms with Gasteiger partial charge in [-0.15, -0.1) is 6.58 Å². The summed E-state index contributed by atoms with van der Waals surface area (Å²) in [5.41, 5.74) is 4.35. The van der Waals surface area contributed by atoms with E-state index in [9.17, 15) is 19.5 Å². The molecule has 9 heteroatoms. The Bertz CT molecular complexity index is 1240. The SMILES string of the molecule is C=CCCC(NC(=O)OCC1c2ccccc2-c2ccccc21)C(=O)Nc1cc(C(=O)O)n(C)n1. The maximum absolute atomic E-state index is 12.8.